The van der Waals surface area contributed by atoms with Gasteiger partial charge in [0.1, 0.15) is 17.9 Å². The maximum Gasteiger partial charge on any atom is 0.325 e. The Balaban J connectivity index is 2.24. The summed E-state index contributed by atoms with van der Waals surface area (Å²) >= 11 is 5.99. The lowest BCUT2D eigenvalue weighted by Crippen LogP contribution is -2.43. The number of benzene rings is 1. The number of hydrogen-bond donors (Lipinski definition) is 2. The summed E-state index contributed by atoms with van der Waals surface area (Å²) in [5.41, 5.74) is -1.16. The van der Waals surface area contributed by atoms with E-state index in [9.17, 15) is 18.8 Å². The maximum absolute atomic E-state index is 13.2. The Morgan fingerprint density at radius 1 is 1.43 bits per heavy atom. The number of amides is 4. The predicted octanol–water partition coefficient (Wildman–Crippen LogP) is 1.77. The van der Waals surface area contributed by atoms with Crippen LogP contribution in [-0.2, 0) is 15.1 Å². The first kappa shape index (κ1) is 17.2. The summed E-state index contributed by atoms with van der Waals surface area (Å²) in [5.74, 6) is -1.58. The minimum Gasteiger partial charge on any atom is -0.355 e. The van der Waals surface area contributed by atoms with E-state index in [-0.39, 0.29) is 17.1 Å². The molecule has 1 heterocycles. The molecule has 6 nitrogen and oxygen atoms in total. The lowest BCUT2D eigenvalue weighted by Gasteiger charge is -2.23. The van der Waals surface area contributed by atoms with Gasteiger partial charge in [-0.15, -0.1) is 0 Å². The second-order valence-electron chi connectivity index (χ2n) is 5.42. The van der Waals surface area contributed by atoms with Crippen LogP contribution in [0.3, 0.4) is 0 Å². The molecule has 1 aromatic carbocycles. The number of nitrogens with zero attached hydrogens (tertiary/aromatic N) is 1. The smallest absolute Gasteiger partial charge is 0.325 e. The summed E-state index contributed by atoms with van der Waals surface area (Å²) in [6.07, 6.45) is 0.745. The van der Waals surface area contributed by atoms with Crippen LogP contribution < -0.4 is 10.6 Å². The van der Waals surface area contributed by atoms with Crippen molar-refractivity contribution in [1.29, 1.82) is 0 Å². The molecule has 0 spiro atoms. The van der Waals surface area contributed by atoms with Crippen molar-refractivity contribution in [2.75, 3.05) is 13.1 Å². The van der Waals surface area contributed by atoms with Crippen LogP contribution in [0, 0.1) is 5.82 Å². The Labute approximate surface area is 138 Å². The van der Waals surface area contributed by atoms with Crippen LogP contribution in [0.1, 0.15) is 25.8 Å². The van der Waals surface area contributed by atoms with Gasteiger partial charge < -0.3 is 10.6 Å². The molecule has 124 valence electrons. The van der Waals surface area contributed by atoms with Gasteiger partial charge >= 0.3 is 6.03 Å². The average Bonchev–Trinajstić information content (AvgIpc) is 2.69. The number of carbonyl (C=O) groups excluding carboxylic acids is 3. The van der Waals surface area contributed by atoms with E-state index in [1.807, 2.05) is 6.92 Å². The first-order chi connectivity index (χ1) is 10.8. The fraction of sp³-hybridized carbons (Fsp3) is 0.400. The number of halogens is 2. The van der Waals surface area contributed by atoms with Gasteiger partial charge in [0, 0.05) is 17.1 Å². The fourth-order valence-corrected chi connectivity index (χ4v) is 2.74. The van der Waals surface area contributed by atoms with E-state index < -0.39 is 29.2 Å². The summed E-state index contributed by atoms with van der Waals surface area (Å²) in [6, 6.07) is 2.88. The Morgan fingerprint density at radius 3 is 2.74 bits per heavy atom. The van der Waals surface area contributed by atoms with E-state index in [0.717, 1.165) is 23.5 Å². The quantitative estimate of drug-likeness (QED) is 0.801. The fourth-order valence-electron chi connectivity index (χ4n) is 2.38. The molecular formula is C15H17ClFN3O3. The minimum atomic E-state index is -1.44. The molecule has 0 radical (unpaired) electrons. The Morgan fingerprint density at radius 2 is 2.13 bits per heavy atom. The van der Waals surface area contributed by atoms with Crippen molar-refractivity contribution in [2.45, 2.75) is 25.8 Å². The van der Waals surface area contributed by atoms with Crippen molar-refractivity contribution in [3.8, 4) is 0 Å². The zero-order chi connectivity index (χ0) is 17.2. The summed E-state index contributed by atoms with van der Waals surface area (Å²) in [4.78, 5) is 37.2. The molecule has 0 bridgehead atoms. The molecule has 1 aliphatic heterocycles. The monoisotopic (exact) mass is 341 g/mol. The zero-order valence-corrected chi connectivity index (χ0v) is 13.5. The molecule has 4 amide bonds. The number of hydrogen-bond acceptors (Lipinski definition) is 3. The number of carbonyl (C=O) groups is 3. The highest BCUT2D eigenvalue weighted by atomic mass is 35.5. The van der Waals surface area contributed by atoms with Gasteiger partial charge in [0.15, 0.2) is 0 Å². The molecule has 1 saturated heterocycles. The van der Waals surface area contributed by atoms with E-state index in [1.165, 1.54) is 13.0 Å². The van der Waals surface area contributed by atoms with Crippen molar-refractivity contribution < 1.29 is 18.8 Å². The zero-order valence-electron chi connectivity index (χ0n) is 12.8. The van der Waals surface area contributed by atoms with Crippen molar-refractivity contribution in [1.82, 2.24) is 15.5 Å². The number of imide groups is 1. The largest absolute Gasteiger partial charge is 0.355 e. The summed E-state index contributed by atoms with van der Waals surface area (Å²) in [6.45, 7) is 3.44. The first-order valence-electron chi connectivity index (χ1n) is 7.16. The molecule has 0 unspecified atom stereocenters. The molecule has 0 aliphatic carbocycles. The van der Waals surface area contributed by atoms with Gasteiger partial charge in [0.2, 0.25) is 5.91 Å². The Bertz CT molecular complexity index is 667. The molecule has 23 heavy (non-hydrogen) atoms. The van der Waals surface area contributed by atoms with E-state index in [2.05, 4.69) is 10.6 Å². The third-order valence-corrected chi connectivity index (χ3v) is 3.93. The second kappa shape index (κ2) is 6.54. The topological polar surface area (TPSA) is 78.5 Å². The Kier molecular flexibility index (Phi) is 4.89. The van der Waals surface area contributed by atoms with Gasteiger partial charge in [-0.05, 0) is 25.5 Å². The van der Waals surface area contributed by atoms with E-state index >= 15 is 0 Å². The number of nitrogens with one attached hydrogen (secondary N) is 2. The minimum absolute atomic E-state index is 0.0263. The van der Waals surface area contributed by atoms with Crippen molar-refractivity contribution in [3.63, 3.8) is 0 Å². The maximum atomic E-state index is 13.2. The molecule has 0 saturated carbocycles. The standard InChI is InChI=1S/C15H17ClFN3O3/c1-3-6-18-12(21)8-20-13(22)15(2,19-14(20)23)10-5-4-9(17)7-11(10)16/h4-5,7H,3,6,8H2,1-2H3,(H,18,21)(H,19,23)/t15-/m0/s1. The predicted molar refractivity (Wildman–Crippen MR) is 82.3 cm³/mol. The molecule has 1 aliphatic rings. The third kappa shape index (κ3) is 3.29. The number of urea groups is 1. The van der Waals surface area contributed by atoms with Gasteiger partial charge in [0.05, 0.1) is 0 Å². The van der Waals surface area contributed by atoms with Crippen LogP contribution in [-0.4, -0.2) is 35.8 Å². The third-order valence-electron chi connectivity index (χ3n) is 3.62. The van der Waals surface area contributed by atoms with E-state index in [0.29, 0.717) is 6.54 Å². The van der Waals surface area contributed by atoms with Crippen LogP contribution in [0.25, 0.3) is 0 Å². The lowest BCUT2D eigenvalue weighted by molar-refractivity contribution is -0.134. The van der Waals surface area contributed by atoms with Gasteiger partial charge in [0.25, 0.3) is 5.91 Å². The normalized spacial score (nSPS) is 20.6. The highest BCUT2D eigenvalue weighted by Crippen LogP contribution is 2.33. The first-order valence-corrected chi connectivity index (χ1v) is 7.53. The lowest BCUT2D eigenvalue weighted by atomic mass is 9.92. The highest BCUT2D eigenvalue weighted by Gasteiger charge is 2.50. The van der Waals surface area contributed by atoms with Crippen LogP contribution in [0.2, 0.25) is 5.02 Å². The molecule has 2 rings (SSSR count). The van der Waals surface area contributed by atoms with Crippen LogP contribution in [0.5, 0.6) is 0 Å². The van der Waals surface area contributed by atoms with Crippen LogP contribution >= 0.6 is 11.6 Å². The van der Waals surface area contributed by atoms with Gasteiger partial charge in [-0.3, -0.25) is 14.5 Å². The molecule has 1 aromatic rings. The van der Waals surface area contributed by atoms with Crippen molar-refractivity contribution >= 4 is 29.4 Å². The highest BCUT2D eigenvalue weighted by molar-refractivity contribution is 6.32. The van der Waals surface area contributed by atoms with Crippen molar-refractivity contribution in [3.05, 3.63) is 34.6 Å². The molecular weight excluding hydrogens is 325 g/mol. The van der Waals surface area contributed by atoms with E-state index in [1.54, 1.807) is 0 Å². The van der Waals surface area contributed by atoms with Crippen LogP contribution in [0.4, 0.5) is 9.18 Å². The molecule has 1 fully saturated rings. The summed E-state index contributed by atoms with van der Waals surface area (Å²) in [7, 11) is 0. The number of rotatable bonds is 5. The molecule has 0 aromatic heterocycles. The Hall–Kier alpha value is -2.15. The molecule has 8 heteroatoms. The molecule has 2 N–H and O–H groups in total. The average molecular weight is 342 g/mol. The summed E-state index contributed by atoms with van der Waals surface area (Å²) < 4.78 is 13.2. The molecule has 1 atom stereocenters. The van der Waals surface area contributed by atoms with E-state index in [4.69, 9.17) is 11.6 Å². The second-order valence-corrected chi connectivity index (χ2v) is 5.83. The van der Waals surface area contributed by atoms with Gasteiger partial charge in [-0.2, -0.15) is 0 Å². The summed E-state index contributed by atoms with van der Waals surface area (Å²) in [5, 5.41) is 5.14. The van der Waals surface area contributed by atoms with Crippen molar-refractivity contribution in [2.24, 2.45) is 0 Å². The van der Waals surface area contributed by atoms with Crippen LogP contribution in [0.15, 0.2) is 18.2 Å². The van der Waals surface area contributed by atoms with Gasteiger partial charge in [-0.25, -0.2) is 9.18 Å². The van der Waals surface area contributed by atoms with Gasteiger partial charge in [-0.1, -0.05) is 24.6 Å². The SMILES string of the molecule is CCCNC(=O)CN1C(=O)N[C@@](C)(c2ccc(F)cc2Cl)C1=O.